The number of aryl methyl sites for hydroxylation is 1. The Hall–Kier alpha value is -0.870. The second-order valence-corrected chi connectivity index (χ2v) is 12.3. The Labute approximate surface area is 165 Å². The minimum atomic E-state index is -3.21. The number of rotatable bonds is 3. The molecule has 27 heavy (non-hydrogen) atoms. The van der Waals surface area contributed by atoms with E-state index in [4.69, 9.17) is 0 Å². The van der Waals surface area contributed by atoms with E-state index in [1.165, 1.54) is 17.5 Å². The Morgan fingerprint density at radius 2 is 1.70 bits per heavy atom. The summed E-state index contributed by atoms with van der Waals surface area (Å²) in [5, 5.41) is 0. The van der Waals surface area contributed by atoms with Gasteiger partial charge in [0.2, 0.25) is 10.0 Å². The van der Waals surface area contributed by atoms with E-state index in [1.54, 1.807) is 0 Å². The lowest BCUT2D eigenvalue weighted by Crippen LogP contribution is -2.48. The Kier molecular flexibility index (Phi) is 4.55. The number of fused-ring (bicyclic) bond motifs is 2. The fourth-order valence-corrected chi connectivity index (χ4v) is 8.28. The van der Waals surface area contributed by atoms with Crippen LogP contribution >= 0.6 is 0 Å². The largest absolute Gasteiger partial charge is 0.214 e. The molecular weight excluding hydrogens is 354 g/mol. The van der Waals surface area contributed by atoms with Crippen molar-refractivity contribution in [2.75, 3.05) is 18.8 Å². The lowest BCUT2D eigenvalue weighted by molar-refractivity contribution is 0.116. The van der Waals surface area contributed by atoms with Gasteiger partial charge in [-0.2, -0.15) is 0 Å². The molecule has 3 nitrogen and oxygen atoms in total. The zero-order valence-corrected chi connectivity index (χ0v) is 18.2. The summed E-state index contributed by atoms with van der Waals surface area (Å²) in [7, 11) is -3.21. The SMILES string of the molecule is CC1CCC(C)(CS(=O)(=O)N2CCC3(CCc4ccccc43)CC2)C1(C)C. The van der Waals surface area contributed by atoms with Crippen LogP contribution in [0.25, 0.3) is 0 Å². The molecule has 4 heteroatoms. The molecule has 3 aliphatic rings. The van der Waals surface area contributed by atoms with Crippen LogP contribution in [-0.2, 0) is 21.9 Å². The predicted octanol–water partition coefficient (Wildman–Crippen LogP) is 4.76. The van der Waals surface area contributed by atoms with Crippen molar-refractivity contribution in [1.82, 2.24) is 4.31 Å². The highest BCUT2D eigenvalue weighted by atomic mass is 32.2. The summed E-state index contributed by atoms with van der Waals surface area (Å²) >= 11 is 0. The van der Waals surface area contributed by atoms with Crippen molar-refractivity contribution in [3.63, 3.8) is 0 Å². The summed E-state index contributed by atoms with van der Waals surface area (Å²) in [6, 6.07) is 8.79. The molecule has 0 amide bonds. The lowest BCUT2D eigenvalue weighted by Gasteiger charge is -2.44. The van der Waals surface area contributed by atoms with Crippen molar-refractivity contribution in [1.29, 1.82) is 0 Å². The monoisotopic (exact) mass is 389 g/mol. The van der Waals surface area contributed by atoms with Gasteiger partial charge in [-0.1, -0.05) is 52.0 Å². The van der Waals surface area contributed by atoms with Crippen LogP contribution in [0.15, 0.2) is 24.3 Å². The molecule has 2 atom stereocenters. The third-order valence-corrected chi connectivity index (χ3v) is 11.1. The molecule has 2 aliphatic carbocycles. The fraction of sp³-hybridized carbons (Fsp3) is 0.739. The highest BCUT2D eigenvalue weighted by molar-refractivity contribution is 7.89. The normalized spacial score (nSPS) is 32.7. The summed E-state index contributed by atoms with van der Waals surface area (Å²) in [5.41, 5.74) is 3.12. The van der Waals surface area contributed by atoms with Gasteiger partial charge in [0, 0.05) is 13.1 Å². The van der Waals surface area contributed by atoms with Gasteiger partial charge in [0.05, 0.1) is 5.75 Å². The fourth-order valence-electron chi connectivity index (χ4n) is 6.04. The van der Waals surface area contributed by atoms with Crippen LogP contribution in [0.1, 0.15) is 70.9 Å². The number of benzene rings is 1. The highest BCUT2D eigenvalue weighted by Gasteiger charge is 2.52. The van der Waals surface area contributed by atoms with E-state index in [9.17, 15) is 8.42 Å². The molecule has 2 unspecified atom stereocenters. The number of hydrogen-bond donors (Lipinski definition) is 0. The zero-order valence-electron chi connectivity index (χ0n) is 17.4. The molecule has 0 N–H and O–H groups in total. The number of nitrogens with zero attached hydrogens (tertiary/aromatic N) is 1. The predicted molar refractivity (Wildman–Crippen MR) is 111 cm³/mol. The lowest BCUT2D eigenvalue weighted by atomic mass is 9.67. The van der Waals surface area contributed by atoms with Crippen molar-refractivity contribution < 1.29 is 8.42 Å². The van der Waals surface area contributed by atoms with Gasteiger partial charge in [-0.15, -0.1) is 0 Å². The summed E-state index contributed by atoms with van der Waals surface area (Å²) in [6.45, 7) is 10.4. The van der Waals surface area contributed by atoms with Crippen LogP contribution in [0.4, 0.5) is 0 Å². The van der Waals surface area contributed by atoms with Gasteiger partial charge >= 0.3 is 0 Å². The van der Waals surface area contributed by atoms with Crippen molar-refractivity contribution in [2.45, 2.75) is 71.6 Å². The maximum Gasteiger partial charge on any atom is 0.214 e. The van der Waals surface area contributed by atoms with E-state index < -0.39 is 10.0 Å². The summed E-state index contributed by atoms with van der Waals surface area (Å²) < 4.78 is 28.4. The van der Waals surface area contributed by atoms with E-state index in [1.807, 2.05) is 4.31 Å². The van der Waals surface area contributed by atoms with Crippen LogP contribution < -0.4 is 0 Å². The van der Waals surface area contributed by atoms with Gasteiger partial charge in [0.1, 0.15) is 0 Å². The summed E-state index contributed by atoms with van der Waals surface area (Å²) in [5.74, 6) is 0.887. The topological polar surface area (TPSA) is 37.4 Å². The smallest absolute Gasteiger partial charge is 0.212 e. The molecule has 150 valence electrons. The molecule has 1 aromatic carbocycles. The van der Waals surface area contributed by atoms with Gasteiger partial charge in [0.25, 0.3) is 0 Å². The second kappa shape index (κ2) is 6.32. The Balaban J connectivity index is 1.49. The third-order valence-electron chi connectivity index (χ3n) is 8.95. The van der Waals surface area contributed by atoms with Crippen molar-refractivity contribution in [3.8, 4) is 0 Å². The average molecular weight is 390 g/mol. The first-order valence-corrected chi connectivity index (χ1v) is 12.3. The summed E-state index contributed by atoms with van der Waals surface area (Å²) in [6.07, 6.45) is 6.43. The highest BCUT2D eigenvalue weighted by Crippen LogP contribution is 2.56. The molecule has 0 aromatic heterocycles. The van der Waals surface area contributed by atoms with Crippen LogP contribution in [0.3, 0.4) is 0 Å². The third kappa shape index (κ3) is 2.98. The van der Waals surface area contributed by atoms with Gasteiger partial charge in [0.15, 0.2) is 0 Å². The number of hydrogen-bond acceptors (Lipinski definition) is 2. The maximum atomic E-state index is 13.3. The quantitative estimate of drug-likeness (QED) is 0.747. The van der Waals surface area contributed by atoms with Crippen LogP contribution in [0.5, 0.6) is 0 Å². The molecular formula is C23H35NO2S. The summed E-state index contributed by atoms with van der Waals surface area (Å²) in [4.78, 5) is 0. The molecule has 0 radical (unpaired) electrons. The van der Waals surface area contributed by atoms with E-state index in [0.29, 0.717) is 24.8 Å². The van der Waals surface area contributed by atoms with Crippen molar-refractivity contribution in [3.05, 3.63) is 35.4 Å². The molecule has 1 heterocycles. The number of piperidine rings is 1. The minimum absolute atomic E-state index is 0.0709. The van der Waals surface area contributed by atoms with E-state index >= 15 is 0 Å². The average Bonchev–Trinajstić information content (AvgIpc) is 3.07. The van der Waals surface area contributed by atoms with Crippen LogP contribution in [0.2, 0.25) is 0 Å². The van der Waals surface area contributed by atoms with Crippen molar-refractivity contribution >= 4 is 10.0 Å². The Bertz CT molecular complexity index is 821. The van der Waals surface area contributed by atoms with Gasteiger partial charge in [-0.05, 0) is 71.8 Å². The van der Waals surface area contributed by atoms with E-state index in [0.717, 1.165) is 32.1 Å². The first kappa shape index (κ1) is 19.4. The molecule has 1 aromatic rings. The zero-order chi connectivity index (χ0) is 19.5. The van der Waals surface area contributed by atoms with Gasteiger partial charge in [-0.25, -0.2) is 12.7 Å². The van der Waals surface area contributed by atoms with Crippen LogP contribution in [0, 0.1) is 16.7 Å². The number of sulfonamides is 1. The minimum Gasteiger partial charge on any atom is -0.212 e. The molecule has 1 aliphatic heterocycles. The van der Waals surface area contributed by atoms with E-state index in [-0.39, 0.29) is 16.2 Å². The van der Waals surface area contributed by atoms with Gasteiger partial charge < -0.3 is 0 Å². The van der Waals surface area contributed by atoms with E-state index in [2.05, 4.69) is 52.0 Å². The molecule has 1 saturated heterocycles. The molecule has 0 bridgehead atoms. The first-order chi connectivity index (χ1) is 12.6. The molecule has 4 rings (SSSR count). The Morgan fingerprint density at radius 1 is 1.04 bits per heavy atom. The standard InChI is InChI=1S/C23H35NO2S/c1-18-9-11-22(4,21(18,2)3)17-27(25,26)24-15-13-23(14-16-24)12-10-19-7-5-6-8-20(19)23/h5-8,18H,9-17H2,1-4H3. The van der Waals surface area contributed by atoms with Gasteiger partial charge in [-0.3, -0.25) is 0 Å². The Morgan fingerprint density at radius 3 is 2.33 bits per heavy atom. The van der Waals surface area contributed by atoms with Crippen molar-refractivity contribution in [2.24, 2.45) is 16.7 Å². The first-order valence-electron chi connectivity index (χ1n) is 10.7. The maximum absolute atomic E-state index is 13.3. The van der Waals surface area contributed by atoms with Crippen LogP contribution in [-0.4, -0.2) is 31.6 Å². The molecule has 2 fully saturated rings. The molecule has 1 spiro atoms. The molecule has 1 saturated carbocycles. The second-order valence-electron chi connectivity index (χ2n) is 10.3.